The van der Waals surface area contributed by atoms with Crippen LogP contribution >= 0.6 is 0 Å². The Hall–Kier alpha value is -1.44. The van der Waals surface area contributed by atoms with Gasteiger partial charge in [-0.15, -0.1) is 0 Å². The van der Waals surface area contributed by atoms with Crippen molar-refractivity contribution >= 4 is 10.9 Å². The van der Waals surface area contributed by atoms with E-state index < -0.39 is 0 Å². The van der Waals surface area contributed by atoms with E-state index in [0.29, 0.717) is 10.8 Å². The van der Waals surface area contributed by atoms with Gasteiger partial charge in [-0.3, -0.25) is 0 Å². The highest BCUT2D eigenvalue weighted by atomic mass is 14.9. The number of fused-ring (bicyclic) bond motifs is 6. The van der Waals surface area contributed by atoms with Crippen LogP contribution in [0.25, 0.3) is 10.9 Å². The average molecular weight is 445 g/mol. The van der Waals surface area contributed by atoms with Crippen molar-refractivity contribution in [2.24, 2.45) is 40.4 Å². The molecule has 0 saturated heterocycles. The molecule has 1 heterocycles. The first kappa shape index (κ1) is 22.1. The van der Waals surface area contributed by atoms with Gasteiger partial charge in [0.15, 0.2) is 0 Å². The van der Waals surface area contributed by atoms with E-state index in [1.807, 2.05) is 6.20 Å². The van der Waals surface area contributed by atoms with Crippen molar-refractivity contribution in [3.63, 3.8) is 0 Å². The molecular formula is C31H44N2. The number of hydrogen-bond donors (Lipinski definition) is 0. The molecule has 4 aliphatic rings. The lowest BCUT2D eigenvalue weighted by atomic mass is 9.45. The number of nitrogens with zero attached hydrogens (tertiary/aromatic N) is 2. The molecular weight excluding hydrogens is 400 g/mol. The summed E-state index contributed by atoms with van der Waals surface area (Å²) in [6.45, 7) is 7.57. The average Bonchev–Trinajstić information content (AvgIpc) is 3.15. The minimum Gasteiger partial charge on any atom is -0.241 e. The molecule has 178 valence electrons. The van der Waals surface area contributed by atoms with Crippen LogP contribution in [0.4, 0.5) is 0 Å². The van der Waals surface area contributed by atoms with Crippen LogP contribution in [0.5, 0.6) is 0 Å². The number of benzene rings is 1. The molecule has 0 amide bonds. The van der Waals surface area contributed by atoms with Gasteiger partial charge in [-0.1, -0.05) is 38.8 Å². The second-order valence-electron chi connectivity index (χ2n) is 13.0. The van der Waals surface area contributed by atoms with Gasteiger partial charge in [-0.2, -0.15) is 0 Å². The molecule has 4 saturated carbocycles. The van der Waals surface area contributed by atoms with E-state index in [1.54, 1.807) is 6.42 Å². The van der Waals surface area contributed by atoms with Crippen molar-refractivity contribution in [3.8, 4) is 0 Å². The van der Waals surface area contributed by atoms with Crippen LogP contribution in [0.15, 0.2) is 24.4 Å². The monoisotopic (exact) mass is 444 g/mol. The van der Waals surface area contributed by atoms with Gasteiger partial charge in [-0.25, -0.2) is 9.97 Å². The molecule has 2 heteroatoms. The van der Waals surface area contributed by atoms with Crippen LogP contribution in [-0.4, -0.2) is 9.97 Å². The van der Waals surface area contributed by atoms with E-state index in [0.717, 1.165) is 52.7 Å². The van der Waals surface area contributed by atoms with E-state index >= 15 is 0 Å². The Morgan fingerprint density at radius 1 is 0.909 bits per heavy atom. The standard InChI is InChI=1S/C31H44N2/c1-21-10-11-22-20-32-29(33-28(22)19-21)9-6-8-24-13-15-26-25-14-12-23-7-4-5-17-30(23,2)27(25)16-18-31(24,26)3/h10-11,19-20,23-27H,4-9,12-18H2,1-3H3. The minimum atomic E-state index is 0.598. The molecule has 0 spiro atoms. The van der Waals surface area contributed by atoms with Gasteiger partial charge in [0.05, 0.1) is 5.52 Å². The molecule has 0 radical (unpaired) electrons. The van der Waals surface area contributed by atoms with Gasteiger partial charge < -0.3 is 0 Å². The molecule has 2 aromatic rings. The maximum absolute atomic E-state index is 4.89. The first-order valence-electron chi connectivity index (χ1n) is 14.2. The smallest absolute Gasteiger partial charge is 0.128 e. The minimum absolute atomic E-state index is 0.598. The molecule has 1 aromatic heterocycles. The Morgan fingerprint density at radius 3 is 2.70 bits per heavy atom. The predicted octanol–water partition coefficient (Wildman–Crippen LogP) is 8.31. The molecule has 0 bridgehead atoms. The third-order valence-electron chi connectivity index (χ3n) is 11.5. The lowest BCUT2D eigenvalue weighted by molar-refractivity contribution is -0.111. The van der Waals surface area contributed by atoms with Crippen LogP contribution in [0, 0.1) is 47.3 Å². The Bertz CT molecular complexity index is 1010. The highest BCUT2D eigenvalue weighted by molar-refractivity contribution is 5.78. The van der Waals surface area contributed by atoms with Crippen molar-refractivity contribution in [2.75, 3.05) is 0 Å². The third kappa shape index (κ3) is 3.66. The number of rotatable bonds is 4. The molecule has 7 atom stereocenters. The zero-order chi connectivity index (χ0) is 22.6. The summed E-state index contributed by atoms with van der Waals surface area (Å²) in [7, 11) is 0. The largest absolute Gasteiger partial charge is 0.241 e. The van der Waals surface area contributed by atoms with Crippen molar-refractivity contribution in [1.82, 2.24) is 9.97 Å². The SMILES string of the molecule is Cc1ccc2cnc(CCCC3CCC4C5CCC6CCCCC6(C)C5CCC34C)nc2c1. The van der Waals surface area contributed by atoms with E-state index in [-0.39, 0.29) is 0 Å². The topological polar surface area (TPSA) is 25.8 Å². The lowest BCUT2D eigenvalue weighted by Crippen LogP contribution is -2.52. The van der Waals surface area contributed by atoms with Crippen LogP contribution in [0.2, 0.25) is 0 Å². The number of hydrogen-bond acceptors (Lipinski definition) is 2. The fourth-order valence-electron chi connectivity index (χ4n) is 9.68. The van der Waals surface area contributed by atoms with Crippen LogP contribution in [0.1, 0.15) is 102 Å². The van der Waals surface area contributed by atoms with Gasteiger partial charge in [0.1, 0.15) is 5.82 Å². The van der Waals surface area contributed by atoms with Crippen LogP contribution in [0.3, 0.4) is 0 Å². The second-order valence-corrected chi connectivity index (χ2v) is 13.0. The summed E-state index contributed by atoms with van der Waals surface area (Å²) in [6.07, 6.45) is 20.8. The Labute approximate surface area is 201 Å². The van der Waals surface area contributed by atoms with Gasteiger partial charge in [-0.05, 0) is 123 Å². The normalized spacial score (nSPS) is 40.3. The van der Waals surface area contributed by atoms with Crippen LogP contribution in [-0.2, 0) is 6.42 Å². The first-order valence-corrected chi connectivity index (χ1v) is 14.2. The Balaban J connectivity index is 1.12. The summed E-state index contributed by atoms with van der Waals surface area (Å²) in [4.78, 5) is 9.58. The number of aromatic nitrogens is 2. The summed E-state index contributed by atoms with van der Waals surface area (Å²) < 4.78 is 0. The fourth-order valence-corrected chi connectivity index (χ4v) is 9.68. The summed E-state index contributed by atoms with van der Waals surface area (Å²) >= 11 is 0. The lowest BCUT2D eigenvalue weighted by Gasteiger charge is -2.60. The van der Waals surface area contributed by atoms with Crippen molar-refractivity contribution < 1.29 is 0 Å². The van der Waals surface area contributed by atoms with Crippen molar-refractivity contribution in [1.29, 1.82) is 0 Å². The Kier molecular flexibility index (Phi) is 5.58. The zero-order valence-corrected chi connectivity index (χ0v) is 21.3. The van der Waals surface area contributed by atoms with E-state index in [4.69, 9.17) is 4.98 Å². The molecule has 4 aliphatic carbocycles. The molecule has 0 N–H and O–H groups in total. The summed E-state index contributed by atoms with van der Waals surface area (Å²) in [5.41, 5.74) is 3.66. The summed E-state index contributed by atoms with van der Waals surface area (Å²) in [5.74, 6) is 6.06. The van der Waals surface area contributed by atoms with Crippen LogP contribution < -0.4 is 0 Å². The summed E-state index contributed by atoms with van der Waals surface area (Å²) in [6, 6.07) is 6.49. The summed E-state index contributed by atoms with van der Waals surface area (Å²) in [5, 5.41) is 1.16. The maximum Gasteiger partial charge on any atom is 0.128 e. The van der Waals surface area contributed by atoms with Gasteiger partial charge in [0.2, 0.25) is 0 Å². The van der Waals surface area contributed by atoms with E-state index in [2.05, 4.69) is 44.0 Å². The zero-order valence-electron chi connectivity index (χ0n) is 21.3. The fraction of sp³-hybridized carbons (Fsp3) is 0.742. The van der Waals surface area contributed by atoms with Crippen molar-refractivity contribution in [2.45, 2.75) is 104 Å². The quantitative estimate of drug-likeness (QED) is 0.474. The molecule has 1 aromatic carbocycles. The van der Waals surface area contributed by atoms with Gasteiger partial charge in [0, 0.05) is 18.0 Å². The van der Waals surface area contributed by atoms with Gasteiger partial charge >= 0.3 is 0 Å². The third-order valence-corrected chi connectivity index (χ3v) is 11.5. The molecule has 2 nitrogen and oxygen atoms in total. The van der Waals surface area contributed by atoms with E-state index in [9.17, 15) is 0 Å². The first-order chi connectivity index (χ1) is 16.0. The maximum atomic E-state index is 4.89. The highest BCUT2D eigenvalue weighted by Gasteiger charge is 2.59. The number of aryl methyl sites for hydroxylation is 2. The second kappa shape index (κ2) is 8.35. The molecule has 6 rings (SSSR count). The van der Waals surface area contributed by atoms with E-state index in [1.165, 1.54) is 76.2 Å². The molecule has 33 heavy (non-hydrogen) atoms. The predicted molar refractivity (Wildman–Crippen MR) is 137 cm³/mol. The van der Waals surface area contributed by atoms with Gasteiger partial charge in [0.25, 0.3) is 0 Å². The molecule has 0 aliphatic heterocycles. The highest BCUT2D eigenvalue weighted by Crippen LogP contribution is 2.67. The molecule has 4 fully saturated rings. The molecule has 7 unspecified atom stereocenters. The Morgan fingerprint density at radius 2 is 1.79 bits per heavy atom. The van der Waals surface area contributed by atoms with Crippen molar-refractivity contribution in [3.05, 3.63) is 35.8 Å².